The summed E-state index contributed by atoms with van der Waals surface area (Å²) in [5.41, 5.74) is 1.62. The first-order valence-electron chi connectivity index (χ1n) is 8.99. The first-order valence-corrected chi connectivity index (χ1v) is 8.99. The van der Waals surface area contributed by atoms with Gasteiger partial charge in [0.1, 0.15) is 6.04 Å². The zero-order chi connectivity index (χ0) is 17.7. The maximum Gasteiger partial charge on any atom is 0.251 e. The van der Waals surface area contributed by atoms with Crippen molar-refractivity contribution in [3.8, 4) is 0 Å². The molecule has 2 N–H and O–H groups in total. The van der Waals surface area contributed by atoms with Crippen molar-refractivity contribution < 1.29 is 9.59 Å². The molecular weight excluding hydrogens is 300 g/mol. The van der Waals surface area contributed by atoms with Gasteiger partial charge in [-0.1, -0.05) is 31.4 Å². The Balaban J connectivity index is 1.93. The lowest BCUT2D eigenvalue weighted by atomic mass is 9.84. The topological polar surface area (TPSA) is 58.2 Å². The molecule has 1 fully saturated rings. The molecule has 1 aliphatic rings. The number of benzene rings is 1. The lowest BCUT2D eigenvalue weighted by Gasteiger charge is -2.24. The SMILES string of the molecule is CC(NC(=O)c1ccc(C2CCCCC2)cc1)C(=O)NC(C)(C)C. The highest BCUT2D eigenvalue weighted by Gasteiger charge is 2.21. The van der Waals surface area contributed by atoms with Gasteiger partial charge in [0, 0.05) is 11.1 Å². The molecule has 0 heterocycles. The van der Waals surface area contributed by atoms with Gasteiger partial charge in [-0.3, -0.25) is 9.59 Å². The third-order valence-electron chi connectivity index (χ3n) is 4.49. The number of hydrogen-bond donors (Lipinski definition) is 2. The molecule has 1 aromatic rings. The summed E-state index contributed by atoms with van der Waals surface area (Å²) < 4.78 is 0. The van der Waals surface area contributed by atoms with Crippen LogP contribution >= 0.6 is 0 Å². The van der Waals surface area contributed by atoms with Gasteiger partial charge in [-0.05, 0) is 64.2 Å². The Morgan fingerprint density at radius 1 is 1.04 bits per heavy atom. The molecule has 24 heavy (non-hydrogen) atoms. The summed E-state index contributed by atoms with van der Waals surface area (Å²) in [6, 6.07) is 7.30. The maximum atomic E-state index is 12.3. The number of nitrogens with one attached hydrogen (secondary N) is 2. The molecule has 0 spiro atoms. The van der Waals surface area contributed by atoms with Crippen LogP contribution in [0.5, 0.6) is 0 Å². The first-order chi connectivity index (χ1) is 11.3. The van der Waals surface area contributed by atoms with Crippen LogP contribution in [0, 0.1) is 0 Å². The molecule has 2 rings (SSSR count). The van der Waals surface area contributed by atoms with E-state index in [4.69, 9.17) is 0 Å². The largest absolute Gasteiger partial charge is 0.350 e. The van der Waals surface area contributed by atoms with Crippen LogP contribution in [-0.2, 0) is 4.79 Å². The predicted molar refractivity (Wildman–Crippen MR) is 97.1 cm³/mol. The van der Waals surface area contributed by atoms with Crippen molar-refractivity contribution in [2.45, 2.75) is 77.3 Å². The van der Waals surface area contributed by atoms with E-state index in [0.717, 1.165) is 0 Å². The number of carbonyl (C=O) groups excluding carboxylic acids is 2. The number of rotatable bonds is 4. The second-order valence-corrected chi connectivity index (χ2v) is 7.89. The molecule has 0 aliphatic heterocycles. The van der Waals surface area contributed by atoms with Crippen molar-refractivity contribution in [3.05, 3.63) is 35.4 Å². The highest BCUT2D eigenvalue weighted by molar-refractivity contribution is 5.97. The van der Waals surface area contributed by atoms with E-state index in [-0.39, 0.29) is 17.4 Å². The molecule has 1 atom stereocenters. The second kappa shape index (κ2) is 7.82. The van der Waals surface area contributed by atoms with Gasteiger partial charge in [-0.15, -0.1) is 0 Å². The molecule has 0 bridgehead atoms. The molecule has 1 unspecified atom stereocenters. The molecular formula is C20H30N2O2. The Hall–Kier alpha value is -1.84. The zero-order valence-corrected chi connectivity index (χ0v) is 15.3. The van der Waals surface area contributed by atoms with Gasteiger partial charge in [0.15, 0.2) is 0 Å². The van der Waals surface area contributed by atoms with Gasteiger partial charge in [-0.2, -0.15) is 0 Å². The van der Waals surface area contributed by atoms with Crippen molar-refractivity contribution >= 4 is 11.8 Å². The normalized spacial score (nSPS) is 17.2. The van der Waals surface area contributed by atoms with Crippen LogP contribution in [0.15, 0.2) is 24.3 Å². The minimum Gasteiger partial charge on any atom is -0.350 e. The van der Waals surface area contributed by atoms with E-state index in [9.17, 15) is 9.59 Å². The van der Waals surface area contributed by atoms with Crippen LogP contribution in [0.4, 0.5) is 0 Å². The van der Waals surface area contributed by atoms with Crippen molar-refractivity contribution in [1.29, 1.82) is 0 Å². The molecule has 4 nitrogen and oxygen atoms in total. The van der Waals surface area contributed by atoms with E-state index in [2.05, 4.69) is 22.8 Å². The van der Waals surface area contributed by atoms with Gasteiger partial charge in [-0.25, -0.2) is 0 Å². The van der Waals surface area contributed by atoms with Crippen molar-refractivity contribution in [3.63, 3.8) is 0 Å². The fourth-order valence-electron chi connectivity index (χ4n) is 3.17. The molecule has 1 aromatic carbocycles. The summed E-state index contributed by atoms with van der Waals surface area (Å²) >= 11 is 0. The number of hydrogen-bond acceptors (Lipinski definition) is 2. The van der Waals surface area contributed by atoms with E-state index in [1.54, 1.807) is 6.92 Å². The molecule has 0 radical (unpaired) electrons. The van der Waals surface area contributed by atoms with Gasteiger partial charge in [0.05, 0.1) is 0 Å². The van der Waals surface area contributed by atoms with Crippen molar-refractivity contribution in [2.24, 2.45) is 0 Å². The fourth-order valence-corrected chi connectivity index (χ4v) is 3.17. The van der Waals surface area contributed by atoms with Gasteiger partial charge >= 0.3 is 0 Å². The summed E-state index contributed by atoms with van der Waals surface area (Å²) in [5, 5.41) is 5.64. The average Bonchev–Trinajstić information content (AvgIpc) is 2.54. The summed E-state index contributed by atoms with van der Waals surface area (Å²) in [6.07, 6.45) is 6.43. The monoisotopic (exact) mass is 330 g/mol. The lowest BCUT2D eigenvalue weighted by Crippen LogP contribution is -2.50. The Labute approximate surface area is 145 Å². The van der Waals surface area contributed by atoms with Crippen LogP contribution in [0.3, 0.4) is 0 Å². The third kappa shape index (κ3) is 5.36. The molecule has 4 heteroatoms. The molecule has 1 aliphatic carbocycles. The van der Waals surface area contributed by atoms with Crippen molar-refractivity contribution in [2.75, 3.05) is 0 Å². The highest BCUT2D eigenvalue weighted by atomic mass is 16.2. The van der Waals surface area contributed by atoms with E-state index in [1.165, 1.54) is 37.7 Å². The smallest absolute Gasteiger partial charge is 0.251 e. The Kier molecular flexibility index (Phi) is 6.03. The molecule has 2 amide bonds. The van der Waals surface area contributed by atoms with E-state index in [1.807, 2.05) is 32.9 Å². The van der Waals surface area contributed by atoms with E-state index >= 15 is 0 Å². The lowest BCUT2D eigenvalue weighted by molar-refractivity contribution is -0.124. The van der Waals surface area contributed by atoms with Crippen LogP contribution < -0.4 is 10.6 Å². The van der Waals surface area contributed by atoms with Gasteiger partial charge in [0.2, 0.25) is 5.91 Å². The minimum absolute atomic E-state index is 0.172. The molecule has 132 valence electrons. The summed E-state index contributed by atoms with van der Waals surface area (Å²) in [7, 11) is 0. The zero-order valence-electron chi connectivity index (χ0n) is 15.3. The van der Waals surface area contributed by atoms with Gasteiger partial charge in [0.25, 0.3) is 5.91 Å². The summed E-state index contributed by atoms with van der Waals surface area (Å²) in [5.74, 6) is 0.253. The predicted octanol–water partition coefficient (Wildman–Crippen LogP) is 3.77. The quantitative estimate of drug-likeness (QED) is 0.883. The van der Waals surface area contributed by atoms with Crippen molar-refractivity contribution in [1.82, 2.24) is 10.6 Å². The van der Waals surface area contributed by atoms with Crippen LogP contribution in [0.2, 0.25) is 0 Å². The van der Waals surface area contributed by atoms with Crippen LogP contribution in [-0.4, -0.2) is 23.4 Å². The van der Waals surface area contributed by atoms with Crippen LogP contribution in [0.1, 0.15) is 81.6 Å². The molecule has 0 saturated heterocycles. The Morgan fingerprint density at radius 2 is 1.62 bits per heavy atom. The second-order valence-electron chi connectivity index (χ2n) is 7.89. The minimum atomic E-state index is -0.560. The highest BCUT2D eigenvalue weighted by Crippen LogP contribution is 2.32. The Bertz CT molecular complexity index is 566. The van der Waals surface area contributed by atoms with E-state index < -0.39 is 6.04 Å². The molecule has 0 aromatic heterocycles. The first kappa shape index (κ1) is 18.5. The van der Waals surface area contributed by atoms with Crippen LogP contribution in [0.25, 0.3) is 0 Å². The fraction of sp³-hybridized carbons (Fsp3) is 0.600. The third-order valence-corrected chi connectivity index (χ3v) is 4.49. The average molecular weight is 330 g/mol. The van der Waals surface area contributed by atoms with Gasteiger partial charge < -0.3 is 10.6 Å². The maximum absolute atomic E-state index is 12.3. The molecule has 1 saturated carbocycles. The number of amides is 2. The number of carbonyl (C=O) groups is 2. The summed E-state index contributed by atoms with van der Waals surface area (Å²) in [6.45, 7) is 7.46. The van der Waals surface area contributed by atoms with E-state index in [0.29, 0.717) is 11.5 Å². The standard InChI is InChI=1S/C20H30N2O2/c1-14(18(23)22-20(2,3)4)21-19(24)17-12-10-16(11-13-17)15-8-6-5-7-9-15/h10-15H,5-9H2,1-4H3,(H,21,24)(H,22,23). The Morgan fingerprint density at radius 3 is 2.17 bits per heavy atom. The summed E-state index contributed by atoms with van der Waals surface area (Å²) in [4.78, 5) is 24.4.